The van der Waals surface area contributed by atoms with E-state index >= 15 is 0 Å². The number of amides is 1. The van der Waals surface area contributed by atoms with Crippen LogP contribution in [-0.4, -0.2) is 43.4 Å². The Labute approximate surface area is 139 Å². The van der Waals surface area contributed by atoms with E-state index in [1.807, 2.05) is 6.07 Å². The van der Waals surface area contributed by atoms with Gasteiger partial charge < -0.3 is 24.6 Å². The van der Waals surface area contributed by atoms with Crippen LogP contribution in [0.4, 0.5) is 0 Å². The van der Waals surface area contributed by atoms with Gasteiger partial charge in [-0.05, 0) is 30.5 Å². The van der Waals surface area contributed by atoms with Gasteiger partial charge in [0.15, 0.2) is 11.5 Å². The van der Waals surface area contributed by atoms with Crippen molar-refractivity contribution in [3.8, 4) is 11.5 Å². The van der Waals surface area contributed by atoms with Gasteiger partial charge in [0, 0.05) is 6.54 Å². The lowest BCUT2D eigenvalue weighted by Gasteiger charge is -2.24. The number of carbonyl (C=O) groups excluding carboxylic acids is 1. The van der Waals surface area contributed by atoms with Crippen LogP contribution in [0.2, 0.25) is 0 Å². The molecule has 2 heterocycles. The molecule has 2 aliphatic rings. The van der Waals surface area contributed by atoms with Crippen molar-refractivity contribution < 1.29 is 28.9 Å². The average molecular weight is 335 g/mol. The summed E-state index contributed by atoms with van der Waals surface area (Å²) in [4.78, 5) is 23.9. The minimum absolute atomic E-state index is 0.274. The first-order valence-corrected chi connectivity index (χ1v) is 7.92. The largest absolute Gasteiger partial charge is 0.493 e. The molecule has 0 spiro atoms. The molecule has 3 rings (SSSR count). The molecule has 2 unspecified atom stereocenters. The first-order chi connectivity index (χ1) is 11.5. The number of hydrogen-bond acceptors (Lipinski definition) is 5. The van der Waals surface area contributed by atoms with Gasteiger partial charge in [0.25, 0.3) is 0 Å². The number of carboxylic acid groups (broad SMARTS) is 1. The van der Waals surface area contributed by atoms with Crippen molar-refractivity contribution in [3.63, 3.8) is 0 Å². The summed E-state index contributed by atoms with van der Waals surface area (Å²) in [5, 5.41) is 12.2. The molecule has 0 saturated carbocycles. The summed E-state index contributed by atoms with van der Waals surface area (Å²) in [5.74, 6) is -1.43. The van der Waals surface area contributed by atoms with Crippen molar-refractivity contribution in [1.29, 1.82) is 0 Å². The van der Waals surface area contributed by atoms with Crippen LogP contribution < -0.4 is 14.8 Å². The minimum atomic E-state index is -0.964. The van der Waals surface area contributed by atoms with Crippen LogP contribution in [0.1, 0.15) is 18.4 Å². The van der Waals surface area contributed by atoms with Crippen LogP contribution in [0.5, 0.6) is 11.5 Å². The number of benzene rings is 1. The lowest BCUT2D eigenvalue weighted by molar-refractivity contribution is -0.147. The average Bonchev–Trinajstić information content (AvgIpc) is 3.20. The highest BCUT2D eigenvalue weighted by Gasteiger charge is 2.55. The molecule has 2 N–H and O–H groups in total. The van der Waals surface area contributed by atoms with Crippen LogP contribution in [0.15, 0.2) is 18.2 Å². The third-order valence-corrected chi connectivity index (χ3v) is 4.78. The lowest BCUT2D eigenvalue weighted by Crippen LogP contribution is -2.43. The maximum absolute atomic E-state index is 12.5. The van der Waals surface area contributed by atoms with Crippen LogP contribution in [0, 0.1) is 11.8 Å². The number of methoxy groups -OCH3 is 2. The number of aliphatic carboxylic acids is 1. The molecule has 2 bridgehead atoms. The highest BCUT2D eigenvalue weighted by molar-refractivity contribution is 5.86. The number of ether oxygens (including phenoxy) is 3. The molecule has 2 aliphatic heterocycles. The zero-order chi connectivity index (χ0) is 17.3. The SMILES string of the molecule is COc1ccc(CNC(=O)C2C(C(=O)O)[C@H]3CC[C@H]2O3)cc1OC. The van der Waals surface area contributed by atoms with Crippen molar-refractivity contribution in [1.82, 2.24) is 5.32 Å². The third-order valence-electron chi connectivity index (χ3n) is 4.78. The molecule has 0 aromatic heterocycles. The highest BCUT2D eigenvalue weighted by Crippen LogP contribution is 2.43. The van der Waals surface area contributed by atoms with E-state index in [2.05, 4.69) is 5.32 Å². The van der Waals surface area contributed by atoms with Gasteiger partial charge in [-0.2, -0.15) is 0 Å². The fourth-order valence-corrected chi connectivity index (χ4v) is 3.62. The maximum Gasteiger partial charge on any atom is 0.310 e. The Bertz CT molecular complexity index is 646. The normalized spacial score (nSPS) is 27.8. The molecule has 7 heteroatoms. The van der Waals surface area contributed by atoms with Crippen LogP contribution in [0.25, 0.3) is 0 Å². The standard InChI is InChI=1S/C17H21NO6/c1-22-10-4-3-9(7-13(10)23-2)8-18-16(19)14-11-5-6-12(24-11)15(14)17(20)21/h3-4,7,11-12,14-15H,5-6,8H2,1-2H3,(H,18,19)(H,20,21)/t11-,12-,14?,15?/m1/s1. The molecule has 7 nitrogen and oxygen atoms in total. The second kappa shape index (κ2) is 6.68. The number of hydrogen-bond donors (Lipinski definition) is 2. The van der Waals surface area contributed by atoms with Gasteiger partial charge in [0.05, 0.1) is 38.3 Å². The molecule has 2 fully saturated rings. The molecule has 24 heavy (non-hydrogen) atoms. The van der Waals surface area contributed by atoms with E-state index in [9.17, 15) is 14.7 Å². The summed E-state index contributed by atoms with van der Waals surface area (Å²) in [6.07, 6.45) is 0.815. The van der Waals surface area contributed by atoms with Gasteiger partial charge in [-0.25, -0.2) is 0 Å². The number of carbonyl (C=O) groups is 2. The molecule has 4 atom stereocenters. The summed E-state index contributed by atoms with van der Waals surface area (Å²) in [7, 11) is 3.10. The smallest absolute Gasteiger partial charge is 0.310 e. The monoisotopic (exact) mass is 335 g/mol. The maximum atomic E-state index is 12.5. The third kappa shape index (κ3) is 2.91. The highest BCUT2D eigenvalue weighted by atomic mass is 16.5. The van der Waals surface area contributed by atoms with E-state index in [4.69, 9.17) is 14.2 Å². The van der Waals surface area contributed by atoms with Gasteiger partial charge in [0.1, 0.15) is 0 Å². The van der Waals surface area contributed by atoms with Crippen molar-refractivity contribution >= 4 is 11.9 Å². The molecule has 130 valence electrons. The van der Waals surface area contributed by atoms with E-state index in [0.717, 1.165) is 12.0 Å². The topological polar surface area (TPSA) is 94.1 Å². The number of rotatable bonds is 6. The molecule has 0 radical (unpaired) electrons. The predicted molar refractivity (Wildman–Crippen MR) is 83.9 cm³/mol. The predicted octanol–water partition coefficient (Wildman–Crippen LogP) is 1.20. The van der Waals surface area contributed by atoms with Gasteiger partial charge in [0.2, 0.25) is 5.91 Å². The molecular weight excluding hydrogens is 314 g/mol. The Hall–Kier alpha value is -2.28. The summed E-state index contributed by atoms with van der Waals surface area (Å²) in [6, 6.07) is 5.37. The number of nitrogens with one attached hydrogen (secondary N) is 1. The molecule has 2 saturated heterocycles. The molecule has 1 amide bonds. The summed E-state index contributed by atoms with van der Waals surface area (Å²) >= 11 is 0. The Morgan fingerprint density at radius 3 is 2.46 bits per heavy atom. The Balaban J connectivity index is 1.66. The van der Waals surface area contributed by atoms with E-state index in [0.29, 0.717) is 24.5 Å². The van der Waals surface area contributed by atoms with Crippen LogP contribution in [-0.2, 0) is 20.9 Å². The van der Waals surface area contributed by atoms with E-state index in [1.165, 1.54) is 0 Å². The van der Waals surface area contributed by atoms with Crippen molar-refractivity contribution in [3.05, 3.63) is 23.8 Å². The Morgan fingerprint density at radius 2 is 1.83 bits per heavy atom. The first-order valence-electron chi connectivity index (χ1n) is 7.92. The zero-order valence-corrected chi connectivity index (χ0v) is 13.7. The van der Waals surface area contributed by atoms with Gasteiger partial charge >= 0.3 is 5.97 Å². The fraction of sp³-hybridized carbons (Fsp3) is 0.529. The quantitative estimate of drug-likeness (QED) is 0.811. The second-order valence-electron chi connectivity index (χ2n) is 6.09. The minimum Gasteiger partial charge on any atom is -0.493 e. The van der Waals surface area contributed by atoms with Crippen LogP contribution >= 0.6 is 0 Å². The van der Waals surface area contributed by atoms with E-state index < -0.39 is 17.8 Å². The summed E-state index contributed by atoms with van der Waals surface area (Å²) < 4.78 is 16.0. The lowest BCUT2D eigenvalue weighted by atomic mass is 9.78. The van der Waals surface area contributed by atoms with Gasteiger partial charge in [-0.15, -0.1) is 0 Å². The van der Waals surface area contributed by atoms with Crippen molar-refractivity contribution in [2.75, 3.05) is 14.2 Å². The number of fused-ring (bicyclic) bond motifs is 2. The Morgan fingerprint density at radius 1 is 1.17 bits per heavy atom. The molecular formula is C17H21NO6. The fourth-order valence-electron chi connectivity index (χ4n) is 3.62. The van der Waals surface area contributed by atoms with Gasteiger partial charge in [-0.1, -0.05) is 6.07 Å². The zero-order valence-electron chi connectivity index (χ0n) is 13.7. The van der Waals surface area contributed by atoms with Crippen LogP contribution in [0.3, 0.4) is 0 Å². The second-order valence-corrected chi connectivity index (χ2v) is 6.09. The van der Waals surface area contributed by atoms with E-state index in [1.54, 1.807) is 26.4 Å². The number of carboxylic acids is 1. The molecule has 1 aromatic carbocycles. The van der Waals surface area contributed by atoms with Crippen molar-refractivity contribution in [2.45, 2.75) is 31.6 Å². The Kier molecular flexibility index (Phi) is 4.62. The summed E-state index contributed by atoms with van der Waals surface area (Å²) in [5.41, 5.74) is 0.844. The first kappa shape index (κ1) is 16.6. The van der Waals surface area contributed by atoms with E-state index in [-0.39, 0.29) is 18.1 Å². The van der Waals surface area contributed by atoms with Gasteiger partial charge in [-0.3, -0.25) is 9.59 Å². The van der Waals surface area contributed by atoms with Crippen molar-refractivity contribution in [2.24, 2.45) is 11.8 Å². The molecule has 0 aliphatic carbocycles. The molecule has 1 aromatic rings. The summed E-state index contributed by atoms with van der Waals surface area (Å²) in [6.45, 7) is 0.291.